The Bertz CT molecular complexity index is 1020. The normalized spacial score (nSPS) is 20.5. The Hall–Kier alpha value is -4.02. The molecule has 2 unspecified atom stereocenters. The topological polar surface area (TPSA) is 137 Å². The zero-order valence-corrected chi connectivity index (χ0v) is 17.9. The second kappa shape index (κ2) is 10.1. The van der Waals surface area contributed by atoms with E-state index in [0.29, 0.717) is 18.7 Å². The van der Waals surface area contributed by atoms with Crippen LogP contribution in [-0.4, -0.2) is 81.8 Å². The standard InChI is InChI=1S/C22H25N7O4/c30-19-17(7-4-8-25-19)27-20(31)18-13-28(22(33)26-16-5-2-1-3-6-16)9-10-29(18)21(32)15-11-23-14-24-12-15/h1-3,5-6,11-12,14,17-18H,4,7-10,13H2,(H,25,30)(H,26,33)(H,27,31). The largest absolute Gasteiger partial charge is 0.354 e. The molecule has 5 amide bonds. The Balaban J connectivity index is 1.51. The maximum absolute atomic E-state index is 13.2. The molecule has 0 saturated carbocycles. The van der Waals surface area contributed by atoms with Gasteiger partial charge in [-0.25, -0.2) is 14.8 Å². The second-order valence-electron chi connectivity index (χ2n) is 7.88. The zero-order valence-electron chi connectivity index (χ0n) is 17.9. The van der Waals surface area contributed by atoms with Gasteiger partial charge >= 0.3 is 6.03 Å². The van der Waals surface area contributed by atoms with E-state index in [1.54, 1.807) is 24.3 Å². The van der Waals surface area contributed by atoms with E-state index in [4.69, 9.17) is 0 Å². The van der Waals surface area contributed by atoms with Crippen LogP contribution < -0.4 is 16.0 Å². The number of anilines is 1. The van der Waals surface area contributed by atoms with Gasteiger partial charge in [0.05, 0.1) is 12.1 Å². The van der Waals surface area contributed by atoms with E-state index in [2.05, 4.69) is 25.9 Å². The lowest BCUT2D eigenvalue weighted by Crippen LogP contribution is -2.64. The zero-order chi connectivity index (χ0) is 23.2. The smallest absolute Gasteiger partial charge is 0.321 e. The van der Waals surface area contributed by atoms with Crippen molar-refractivity contribution in [2.45, 2.75) is 24.9 Å². The molecule has 3 heterocycles. The molecule has 2 saturated heterocycles. The van der Waals surface area contributed by atoms with Crippen molar-refractivity contribution in [1.29, 1.82) is 0 Å². The molecule has 1 aromatic carbocycles. The van der Waals surface area contributed by atoms with Crippen molar-refractivity contribution in [1.82, 2.24) is 30.4 Å². The van der Waals surface area contributed by atoms with Gasteiger partial charge in [-0.15, -0.1) is 0 Å². The molecule has 0 bridgehead atoms. The molecule has 1 aromatic heterocycles. The van der Waals surface area contributed by atoms with E-state index in [-0.39, 0.29) is 37.1 Å². The first kappa shape index (κ1) is 22.2. The molecule has 0 radical (unpaired) electrons. The van der Waals surface area contributed by atoms with Crippen LogP contribution in [0.3, 0.4) is 0 Å². The molecule has 0 spiro atoms. The number of piperazine rings is 1. The number of urea groups is 1. The molecule has 2 atom stereocenters. The monoisotopic (exact) mass is 451 g/mol. The number of carbonyl (C=O) groups is 4. The van der Waals surface area contributed by atoms with Gasteiger partial charge in [0.15, 0.2) is 0 Å². The third kappa shape index (κ3) is 5.25. The van der Waals surface area contributed by atoms with Crippen LogP contribution in [0.2, 0.25) is 0 Å². The summed E-state index contributed by atoms with van der Waals surface area (Å²) in [6.45, 7) is 0.940. The van der Waals surface area contributed by atoms with E-state index in [9.17, 15) is 19.2 Å². The Morgan fingerprint density at radius 1 is 1.06 bits per heavy atom. The molecule has 0 aliphatic carbocycles. The van der Waals surface area contributed by atoms with E-state index in [1.165, 1.54) is 28.5 Å². The highest BCUT2D eigenvalue weighted by Crippen LogP contribution is 2.17. The number of carbonyl (C=O) groups excluding carboxylic acids is 4. The van der Waals surface area contributed by atoms with E-state index in [0.717, 1.165) is 6.42 Å². The summed E-state index contributed by atoms with van der Waals surface area (Å²) in [5.74, 6) is -1.15. The Morgan fingerprint density at radius 3 is 2.55 bits per heavy atom. The number of nitrogens with one attached hydrogen (secondary N) is 3. The Labute approximate surface area is 190 Å². The number of amides is 5. The van der Waals surface area contributed by atoms with Crippen LogP contribution in [0.25, 0.3) is 0 Å². The van der Waals surface area contributed by atoms with Crippen molar-refractivity contribution < 1.29 is 19.2 Å². The number of piperidine rings is 1. The molecular formula is C22H25N7O4. The minimum atomic E-state index is -0.970. The maximum atomic E-state index is 13.2. The van der Waals surface area contributed by atoms with Gasteiger partial charge in [-0.05, 0) is 25.0 Å². The summed E-state index contributed by atoms with van der Waals surface area (Å²) >= 11 is 0. The minimum absolute atomic E-state index is 0.0156. The third-order valence-corrected chi connectivity index (χ3v) is 5.67. The second-order valence-corrected chi connectivity index (χ2v) is 7.88. The highest BCUT2D eigenvalue weighted by Gasteiger charge is 2.39. The first-order valence-electron chi connectivity index (χ1n) is 10.8. The molecule has 2 aliphatic rings. The van der Waals surface area contributed by atoms with Crippen LogP contribution in [0.5, 0.6) is 0 Å². The number of rotatable bonds is 4. The maximum Gasteiger partial charge on any atom is 0.321 e. The van der Waals surface area contributed by atoms with E-state index < -0.39 is 23.9 Å². The number of para-hydroxylation sites is 1. The van der Waals surface area contributed by atoms with Gasteiger partial charge in [0, 0.05) is 37.7 Å². The van der Waals surface area contributed by atoms with E-state index in [1.807, 2.05) is 6.07 Å². The van der Waals surface area contributed by atoms with Crippen LogP contribution in [0.4, 0.5) is 10.5 Å². The van der Waals surface area contributed by atoms with Gasteiger partial charge in [-0.2, -0.15) is 0 Å². The fourth-order valence-corrected chi connectivity index (χ4v) is 3.91. The van der Waals surface area contributed by atoms with Gasteiger partial charge in [0.2, 0.25) is 11.8 Å². The number of hydrogen-bond donors (Lipinski definition) is 3. The van der Waals surface area contributed by atoms with Crippen molar-refractivity contribution in [3.63, 3.8) is 0 Å². The lowest BCUT2D eigenvalue weighted by Gasteiger charge is -2.41. The van der Waals surface area contributed by atoms with Gasteiger partial charge in [-0.1, -0.05) is 18.2 Å². The Morgan fingerprint density at radius 2 is 1.82 bits per heavy atom. The summed E-state index contributed by atoms with van der Waals surface area (Å²) in [6, 6.07) is 6.97. The summed E-state index contributed by atoms with van der Waals surface area (Å²) < 4.78 is 0. The van der Waals surface area contributed by atoms with Crippen LogP contribution in [0, 0.1) is 0 Å². The minimum Gasteiger partial charge on any atom is -0.354 e. The summed E-state index contributed by atoms with van der Waals surface area (Å²) in [5.41, 5.74) is 0.871. The highest BCUT2D eigenvalue weighted by molar-refractivity contribution is 5.99. The van der Waals surface area contributed by atoms with Gasteiger partial charge in [0.1, 0.15) is 18.4 Å². The lowest BCUT2D eigenvalue weighted by molar-refractivity contribution is -0.133. The molecule has 3 N–H and O–H groups in total. The number of benzene rings is 1. The predicted molar refractivity (Wildman–Crippen MR) is 118 cm³/mol. The van der Waals surface area contributed by atoms with Crippen LogP contribution in [-0.2, 0) is 9.59 Å². The predicted octanol–water partition coefficient (Wildman–Crippen LogP) is 0.230. The van der Waals surface area contributed by atoms with Gasteiger partial charge in [0.25, 0.3) is 5.91 Å². The van der Waals surface area contributed by atoms with Crippen molar-refractivity contribution in [3.05, 3.63) is 54.6 Å². The fourth-order valence-electron chi connectivity index (χ4n) is 3.91. The molecule has 4 rings (SSSR count). The molecule has 11 nitrogen and oxygen atoms in total. The molecular weight excluding hydrogens is 426 g/mol. The number of aromatic nitrogens is 2. The summed E-state index contributed by atoms with van der Waals surface area (Å²) in [4.78, 5) is 61.9. The lowest BCUT2D eigenvalue weighted by atomic mass is 10.0. The average Bonchev–Trinajstić information content (AvgIpc) is 2.85. The van der Waals surface area contributed by atoms with Crippen molar-refractivity contribution in [2.24, 2.45) is 0 Å². The quantitative estimate of drug-likeness (QED) is 0.609. The number of hydrogen-bond acceptors (Lipinski definition) is 6. The highest BCUT2D eigenvalue weighted by atomic mass is 16.2. The van der Waals surface area contributed by atoms with Crippen LogP contribution in [0.1, 0.15) is 23.2 Å². The molecule has 11 heteroatoms. The first-order chi connectivity index (χ1) is 16.0. The molecule has 33 heavy (non-hydrogen) atoms. The third-order valence-electron chi connectivity index (χ3n) is 5.67. The fraction of sp³-hybridized carbons (Fsp3) is 0.364. The SMILES string of the molecule is O=C1NCCCC1NC(=O)C1CN(C(=O)Nc2ccccc2)CCN1C(=O)c1cncnc1. The first-order valence-corrected chi connectivity index (χ1v) is 10.8. The summed E-state index contributed by atoms with van der Waals surface area (Å²) in [6.07, 6.45) is 5.34. The van der Waals surface area contributed by atoms with Crippen LogP contribution >= 0.6 is 0 Å². The van der Waals surface area contributed by atoms with E-state index >= 15 is 0 Å². The van der Waals surface area contributed by atoms with Crippen molar-refractivity contribution >= 4 is 29.4 Å². The molecule has 2 aliphatic heterocycles. The summed E-state index contributed by atoms with van der Waals surface area (Å²) in [5, 5.41) is 8.28. The van der Waals surface area contributed by atoms with Gasteiger partial charge in [-0.3, -0.25) is 14.4 Å². The van der Waals surface area contributed by atoms with Crippen molar-refractivity contribution in [3.8, 4) is 0 Å². The molecule has 172 valence electrons. The molecule has 2 aromatic rings. The van der Waals surface area contributed by atoms with Crippen molar-refractivity contribution in [2.75, 3.05) is 31.5 Å². The van der Waals surface area contributed by atoms with Crippen LogP contribution in [0.15, 0.2) is 49.1 Å². The molecule has 2 fully saturated rings. The Kier molecular flexibility index (Phi) is 6.77. The summed E-state index contributed by atoms with van der Waals surface area (Å²) in [7, 11) is 0. The average molecular weight is 451 g/mol. The number of nitrogens with zero attached hydrogens (tertiary/aromatic N) is 4. The van der Waals surface area contributed by atoms with Gasteiger partial charge < -0.3 is 25.8 Å².